The largest absolute Gasteiger partial charge is 0.497 e. The van der Waals surface area contributed by atoms with Gasteiger partial charge in [0.05, 0.1) is 21.0 Å². The Labute approximate surface area is 189 Å². The molecule has 0 radical (unpaired) electrons. The molecule has 2 aromatic carbocycles. The van der Waals surface area contributed by atoms with Crippen LogP contribution in [0.3, 0.4) is 0 Å². The lowest BCUT2D eigenvalue weighted by Gasteiger charge is -2.32. The Hall–Kier alpha value is -2.76. The van der Waals surface area contributed by atoms with Crippen molar-refractivity contribution in [2.75, 3.05) is 0 Å². The molecule has 2 heterocycles. The van der Waals surface area contributed by atoms with Gasteiger partial charge in [0.2, 0.25) is 0 Å². The molecule has 2 nitrogen and oxygen atoms in total. The van der Waals surface area contributed by atoms with Crippen molar-refractivity contribution in [2.45, 2.75) is 45.8 Å². The van der Waals surface area contributed by atoms with E-state index in [1.165, 1.54) is 0 Å². The molecule has 0 N–H and O–H groups in total. The first-order valence-corrected chi connectivity index (χ1v) is 11.2. The number of benzene rings is 2. The van der Waals surface area contributed by atoms with Gasteiger partial charge in [0.25, 0.3) is 0 Å². The van der Waals surface area contributed by atoms with Crippen molar-refractivity contribution in [3.8, 4) is 23.7 Å². The third-order valence-electron chi connectivity index (χ3n) is 5.87. The molecule has 0 saturated carbocycles. The average Bonchev–Trinajstić information content (AvgIpc) is 3.17. The third-order valence-corrected chi connectivity index (χ3v) is 7.01. The van der Waals surface area contributed by atoms with Gasteiger partial charge in [-0.25, -0.2) is 0 Å². The van der Waals surface area contributed by atoms with Crippen LogP contribution in [-0.2, 0) is 9.31 Å². The van der Waals surface area contributed by atoms with Gasteiger partial charge in [0.1, 0.15) is 0 Å². The van der Waals surface area contributed by atoms with Gasteiger partial charge < -0.3 is 9.31 Å². The van der Waals surface area contributed by atoms with Crippen LogP contribution < -0.4 is 5.46 Å². The predicted molar refractivity (Wildman–Crippen MR) is 130 cm³/mol. The Morgan fingerprint density at radius 2 is 1.13 bits per heavy atom. The monoisotopic (exact) mass is 424 g/mol. The molecule has 1 aromatic heterocycles. The summed E-state index contributed by atoms with van der Waals surface area (Å²) in [7, 11) is -0.464. The summed E-state index contributed by atoms with van der Waals surface area (Å²) < 4.78 is 12.7. The highest BCUT2D eigenvalue weighted by Crippen LogP contribution is 2.37. The van der Waals surface area contributed by atoms with Gasteiger partial charge in [-0.05, 0) is 64.4 Å². The van der Waals surface area contributed by atoms with Crippen LogP contribution in [0.4, 0.5) is 0 Å². The van der Waals surface area contributed by atoms with Crippen molar-refractivity contribution < 1.29 is 9.31 Å². The van der Waals surface area contributed by atoms with E-state index in [1.54, 1.807) is 11.3 Å². The third kappa shape index (κ3) is 4.48. The fourth-order valence-electron chi connectivity index (χ4n) is 3.28. The lowest BCUT2D eigenvalue weighted by Crippen LogP contribution is -2.41. The minimum absolute atomic E-state index is 0.411. The lowest BCUT2D eigenvalue weighted by molar-refractivity contribution is 0.00578. The van der Waals surface area contributed by atoms with E-state index < -0.39 is 18.3 Å². The van der Waals surface area contributed by atoms with Crippen molar-refractivity contribution in [3.05, 3.63) is 87.1 Å². The SMILES string of the molecule is Cc1c(C#Cc2ccccc2)sc(C#Cc2ccccc2)c1B1OC(C)(C)C(C)(C)O1. The molecule has 0 aliphatic carbocycles. The Kier molecular flexibility index (Phi) is 5.82. The Morgan fingerprint density at radius 3 is 1.61 bits per heavy atom. The van der Waals surface area contributed by atoms with E-state index in [2.05, 4.69) is 58.3 Å². The van der Waals surface area contributed by atoms with Crippen molar-refractivity contribution >= 4 is 23.9 Å². The molecule has 4 rings (SSSR count). The first-order chi connectivity index (χ1) is 14.8. The highest BCUT2D eigenvalue weighted by molar-refractivity contribution is 7.14. The average molecular weight is 424 g/mol. The maximum Gasteiger partial charge on any atom is 0.497 e. The normalized spacial score (nSPS) is 16.2. The summed E-state index contributed by atoms with van der Waals surface area (Å²) in [6, 6.07) is 20.0. The first kappa shape index (κ1) is 21.5. The molecule has 31 heavy (non-hydrogen) atoms. The molecule has 0 atom stereocenters. The minimum Gasteiger partial charge on any atom is -0.399 e. The van der Waals surface area contributed by atoms with Gasteiger partial charge >= 0.3 is 7.12 Å². The fraction of sp³-hybridized carbons (Fsp3) is 0.259. The minimum atomic E-state index is -0.464. The zero-order chi connectivity index (χ0) is 22.1. The molecule has 1 aliphatic rings. The van der Waals surface area contributed by atoms with Crippen molar-refractivity contribution in [3.63, 3.8) is 0 Å². The molecule has 4 heteroatoms. The zero-order valence-electron chi connectivity index (χ0n) is 18.6. The lowest BCUT2D eigenvalue weighted by atomic mass is 9.76. The highest BCUT2D eigenvalue weighted by Gasteiger charge is 2.53. The van der Waals surface area contributed by atoms with Gasteiger partial charge in [0, 0.05) is 16.6 Å². The molecule has 0 spiro atoms. The second-order valence-electron chi connectivity index (χ2n) is 8.62. The van der Waals surface area contributed by atoms with E-state index in [0.29, 0.717) is 0 Å². The quantitative estimate of drug-likeness (QED) is 0.397. The van der Waals surface area contributed by atoms with Crippen molar-refractivity contribution in [1.82, 2.24) is 0 Å². The molecule has 3 aromatic rings. The summed E-state index contributed by atoms with van der Waals surface area (Å²) in [5.41, 5.74) is 3.21. The predicted octanol–water partition coefficient (Wildman–Crippen LogP) is 5.16. The number of thiophene rings is 1. The van der Waals surface area contributed by atoms with Gasteiger partial charge in [0.15, 0.2) is 0 Å². The van der Waals surface area contributed by atoms with Crippen molar-refractivity contribution in [2.24, 2.45) is 0 Å². The van der Waals surface area contributed by atoms with E-state index in [4.69, 9.17) is 9.31 Å². The number of rotatable bonds is 1. The molecular weight excluding hydrogens is 399 g/mol. The molecule has 1 fully saturated rings. The molecule has 0 unspecified atom stereocenters. The summed E-state index contributed by atoms with van der Waals surface area (Å²) in [5.74, 6) is 13.3. The highest BCUT2D eigenvalue weighted by atomic mass is 32.1. The summed E-state index contributed by atoms with van der Waals surface area (Å²) in [6.07, 6.45) is 0. The number of hydrogen-bond donors (Lipinski definition) is 0. The molecule has 1 aliphatic heterocycles. The maximum atomic E-state index is 6.37. The van der Waals surface area contributed by atoms with Crippen LogP contribution in [0.1, 0.15) is 54.1 Å². The smallest absolute Gasteiger partial charge is 0.399 e. The Morgan fingerprint density at radius 1 is 0.677 bits per heavy atom. The summed E-state index contributed by atoms with van der Waals surface area (Å²) in [5, 5.41) is 0. The molecule has 154 valence electrons. The molecular formula is C27H25BO2S. The van der Waals surface area contributed by atoms with Gasteiger partial charge in [-0.3, -0.25) is 0 Å². The van der Waals surface area contributed by atoms with E-state index in [1.807, 2.05) is 60.7 Å². The first-order valence-electron chi connectivity index (χ1n) is 10.4. The summed E-state index contributed by atoms with van der Waals surface area (Å²) >= 11 is 1.60. The zero-order valence-corrected chi connectivity index (χ0v) is 19.4. The van der Waals surface area contributed by atoms with Crippen LogP contribution in [0.15, 0.2) is 60.7 Å². The fourth-order valence-corrected chi connectivity index (χ4v) is 4.31. The van der Waals surface area contributed by atoms with Crippen molar-refractivity contribution in [1.29, 1.82) is 0 Å². The number of hydrogen-bond acceptors (Lipinski definition) is 3. The van der Waals surface area contributed by atoms with E-state index >= 15 is 0 Å². The van der Waals surface area contributed by atoms with Gasteiger partial charge in [-0.1, -0.05) is 60.1 Å². The Bertz CT molecular complexity index is 1190. The second kappa shape index (κ2) is 8.41. The van der Waals surface area contributed by atoms with Crippen LogP contribution in [-0.4, -0.2) is 18.3 Å². The van der Waals surface area contributed by atoms with Crippen LogP contribution in [0.25, 0.3) is 0 Å². The molecule has 0 amide bonds. The second-order valence-corrected chi connectivity index (χ2v) is 9.64. The topological polar surface area (TPSA) is 18.5 Å². The van der Waals surface area contributed by atoms with E-state index in [0.717, 1.165) is 31.9 Å². The van der Waals surface area contributed by atoms with Gasteiger partial charge in [-0.2, -0.15) is 0 Å². The van der Waals surface area contributed by atoms with Crippen LogP contribution in [0.5, 0.6) is 0 Å². The van der Waals surface area contributed by atoms with Crippen LogP contribution >= 0.6 is 11.3 Å². The molecule has 1 saturated heterocycles. The maximum absolute atomic E-state index is 6.37. The molecule has 0 bridgehead atoms. The van der Waals surface area contributed by atoms with E-state index in [9.17, 15) is 0 Å². The standard InChI is InChI=1S/C27H25BO2S/c1-20-23(18-16-21-12-8-6-9-13-21)31-24(19-17-22-14-10-7-11-15-22)25(20)28-29-26(2,3)27(4,5)30-28/h6-15H,1-5H3. The van der Waals surface area contributed by atoms with E-state index in [-0.39, 0.29) is 0 Å². The summed E-state index contributed by atoms with van der Waals surface area (Å²) in [6.45, 7) is 10.4. The summed E-state index contributed by atoms with van der Waals surface area (Å²) in [4.78, 5) is 1.93. The van der Waals surface area contributed by atoms with Gasteiger partial charge in [-0.15, -0.1) is 11.3 Å². The van der Waals surface area contributed by atoms with Crippen LogP contribution in [0.2, 0.25) is 0 Å². The Balaban J connectivity index is 1.78. The van der Waals surface area contributed by atoms with Crippen LogP contribution in [0, 0.1) is 30.6 Å².